The Balaban J connectivity index is 2.44. The number of hydrogen-bond donors (Lipinski definition) is 1. The van der Waals surface area contributed by atoms with Gasteiger partial charge in [0.1, 0.15) is 10.4 Å². The van der Waals surface area contributed by atoms with Gasteiger partial charge in [-0.15, -0.1) is 0 Å². The van der Waals surface area contributed by atoms with Gasteiger partial charge in [0.2, 0.25) is 0 Å². The molecule has 0 fully saturated rings. The second-order valence-electron chi connectivity index (χ2n) is 3.17. The number of aromatic nitrogens is 2. The molecule has 3 nitrogen and oxygen atoms in total. The maximum absolute atomic E-state index is 5.48. The maximum Gasteiger partial charge on any atom is 0.132 e. The normalized spacial score (nSPS) is 11.0. The highest BCUT2D eigenvalue weighted by atomic mass is 79.9. The molecule has 0 spiro atoms. The Bertz CT molecular complexity index is 436. The van der Waals surface area contributed by atoms with Crippen LogP contribution in [0.3, 0.4) is 0 Å². The van der Waals surface area contributed by atoms with Gasteiger partial charge in [0.05, 0.1) is 5.52 Å². The lowest BCUT2D eigenvalue weighted by molar-refractivity contribution is 0.777. The van der Waals surface area contributed by atoms with Crippen LogP contribution >= 0.6 is 15.9 Å². The maximum atomic E-state index is 5.48. The number of rotatable bonds is 3. The number of aryl methyl sites for hydroxylation is 1. The van der Waals surface area contributed by atoms with E-state index in [1.807, 2.05) is 24.4 Å². The van der Waals surface area contributed by atoms with Crippen LogP contribution < -0.4 is 5.73 Å². The number of pyridine rings is 1. The van der Waals surface area contributed by atoms with E-state index in [1.54, 1.807) is 0 Å². The summed E-state index contributed by atoms with van der Waals surface area (Å²) < 4.78 is 3.00. The molecule has 0 aliphatic heterocycles. The molecule has 0 aromatic carbocycles. The Labute approximate surface area is 91.1 Å². The lowest BCUT2D eigenvalue weighted by Gasteiger charge is -1.98. The first-order valence-corrected chi connectivity index (χ1v) is 5.44. The molecular weight excluding hydrogens is 242 g/mol. The average Bonchev–Trinajstić information content (AvgIpc) is 2.54. The van der Waals surface area contributed by atoms with Crippen LogP contribution in [0.1, 0.15) is 12.2 Å². The van der Waals surface area contributed by atoms with Gasteiger partial charge in [-0.2, -0.15) is 0 Å². The van der Waals surface area contributed by atoms with Crippen LogP contribution in [0.2, 0.25) is 0 Å². The summed E-state index contributed by atoms with van der Waals surface area (Å²) in [6.45, 7) is 0.708. The number of hydrogen-bond acceptors (Lipinski definition) is 2. The molecule has 2 N–H and O–H groups in total. The van der Waals surface area contributed by atoms with Crippen LogP contribution in [-0.4, -0.2) is 15.9 Å². The molecule has 0 amide bonds. The third-order valence-corrected chi connectivity index (χ3v) is 2.76. The summed E-state index contributed by atoms with van der Waals surface area (Å²) in [5, 5.41) is 0. The molecule has 2 aromatic heterocycles. The van der Waals surface area contributed by atoms with E-state index in [1.165, 1.54) is 0 Å². The van der Waals surface area contributed by atoms with Gasteiger partial charge in [-0.3, -0.25) is 0 Å². The number of imidazole rings is 1. The van der Waals surface area contributed by atoms with Gasteiger partial charge in [0.25, 0.3) is 0 Å². The molecule has 0 aliphatic rings. The fourth-order valence-corrected chi connectivity index (χ4v) is 2.03. The third kappa shape index (κ3) is 1.67. The second kappa shape index (κ2) is 4.11. The van der Waals surface area contributed by atoms with Gasteiger partial charge in [0, 0.05) is 12.6 Å². The van der Waals surface area contributed by atoms with Gasteiger partial charge in [-0.05, 0) is 41.0 Å². The minimum absolute atomic E-state index is 0.708. The minimum atomic E-state index is 0.708. The van der Waals surface area contributed by atoms with Crippen molar-refractivity contribution in [2.75, 3.05) is 6.54 Å². The second-order valence-corrected chi connectivity index (χ2v) is 3.92. The monoisotopic (exact) mass is 253 g/mol. The topological polar surface area (TPSA) is 43.3 Å². The third-order valence-electron chi connectivity index (χ3n) is 2.18. The fraction of sp³-hybridized carbons (Fsp3) is 0.300. The zero-order chi connectivity index (χ0) is 9.97. The summed E-state index contributed by atoms with van der Waals surface area (Å²) in [5.74, 6) is 1.07. The van der Waals surface area contributed by atoms with Crippen molar-refractivity contribution in [1.82, 2.24) is 9.38 Å². The van der Waals surface area contributed by atoms with E-state index >= 15 is 0 Å². The Morgan fingerprint density at radius 1 is 1.43 bits per heavy atom. The predicted octanol–water partition coefficient (Wildman–Crippen LogP) is 1.99. The van der Waals surface area contributed by atoms with Gasteiger partial charge in [0.15, 0.2) is 0 Å². The highest BCUT2D eigenvalue weighted by Gasteiger charge is 2.06. The molecule has 74 valence electrons. The molecule has 0 radical (unpaired) electrons. The molecule has 4 heteroatoms. The highest BCUT2D eigenvalue weighted by molar-refractivity contribution is 9.10. The molecule has 0 aliphatic carbocycles. The van der Waals surface area contributed by atoms with Crippen molar-refractivity contribution in [2.45, 2.75) is 12.8 Å². The molecule has 2 rings (SSSR count). The van der Waals surface area contributed by atoms with E-state index in [2.05, 4.69) is 25.3 Å². The lowest BCUT2D eigenvalue weighted by atomic mass is 10.3. The number of fused-ring (bicyclic) bond motifs is 1. The molecule has 0 saturated carbocycles. The molecule has 0 saturated heterocycles. The smallest absolute Gasteiger partial charge is 0.132 e. The first kappa shape index (κ1) is 9.68. The summed E-state index contributed by atoms with van der Waals surface area (Å²) in [7, 11) is 0. The van der Waals surface area contributed by atoms with E-state index in [-0.39, 0.29) is 0 Å². The lowest BCUT2D eigenvalue weighted by Crippen LogP contribution is -2.02. The van der Waals surface area contributed by atoms with E-state index in [4.69, 9.17) is 5.73 Å². The van der Waals surface area contributed by atoms with Crippen LogP contribution in [0.15, 0.2) is 29.0 Å². The first-order valence-electron chi connectivity index (χ1n) is 4.64. The van der Waals surface area contributed by atoms with Crippen molar-refractivity contribution in [3.8, 4) is 0 Å². The molecule has 2 aromatic rings. The quantitative estimate of drug-likeness (QED) is 0.910. The predicted molar refractivity (Wildman–Crippen MR) is 60.3 cm³/mol. The van der Waals surface area contributed by atoms with Crippen molar-refractivity contribution < 1.29 is 0 Å². The van der Waals surface area contributed by atoms with Crippen LogP contribution in [0.25, 0.3) is 5.52 Å². The minimum Gasteiger partial charge on any atom is -0.330 e. The number of nitrogens with zero attached hydrogens (tertiary/aromatic N) is 2. The van der Waals surface area contributed by atoms with E-state index < -0.39 is 0 Å². The molecular formula is C10H12BrN3. The zero-order valence-electron chi connectivity index (χ0n) is 7.78. The Hall–Kier alpha value is -0.870. The number of halogens is 1. The Morgan fingerprint density at radius 2 is 2.29 bits per heavy atom. The molecule has 0 bridgehead atoms. The Kier molecular flexibility index (Phi) is 2.84. The summed E-state index contributed by atoms with van der Waals surface area (Å²) in [6.07, 6.45) is 3.92. The standard InChI is InChI=1S/C10H12BrN3/c11-10-8-4-1-2-7-14(8)9(13-10)5-3-6-12/h1-2,4,7H,3,5-6,12H2. The molecule has 0 atom stereocenters. The van der Waals surface area contributed by atoms with Gasteiger partial charge < -0.3 is 10.1 Å². The number of nitrogens with two attached hydrogens (primary N) is 1. The highest BCUT2D eigenvalue weighted by Crippen LogP contribution is 2.18. The molecule has 14 heavy (non-hydrogen) atoms. The van der Waals surface area contributed by atoms with Crippen LogP contribution in [-0.2, 0) is 6.42 Å². The van der Waals surface area contributed by atoms with Crippen molar-refractivity contribution in [3.05, 3.63) is 34.8 Å². The summed E-state index contributed by atoms with van der Waals surface area (Å²) in [6, 6.07) is 6.06. The Morgan fingerprint density at radius 3 is 3.07 bits per heavy atom. The molecule has 0 unspecified atom stereocenters. The largest absolute Gasteiger partial charge is 0.330 e. The van der Waals surface area contributed by atoms with Crippen LogP contribution in [0.5, 0.6) is 0 Å². The van der Waals surface area contributed by atoms with Crippen molar-refractivity contribution in [1.29, 1.82) is 0 Å². The van der Waals surface area contributed by atoms with Gasteiger partial charge in [-0.25, -0.2) is 4.98 Å². The van der Waals surface area contributed by atoms with Crippen molar-refractivity contribution >= 4 is 21.4 Å². The molecule has 2 heterocycles. The van der Waals surface area contributed by atoms with Gasteiger partial charge in [-0.1, -0.05) is 6.07 Å². The van der Waals surface area contributed by atoms with E-state index in [9.17, 15) is 0 Å². The fourth-order valence-electron chi connectivity index (χ4n) is 1.50. The zero-order valence-corrected chi connectivity index (χ0v) is 9.37. The summed E-state index contributed by atoms with van der Waals surface area (Å²) in [5.41, 5.74) is 6.59. The van der Waals surface area contributed by atoms with Crippen molar-refractivity contribution in [3.63, 3.8) is 0 Å². The van der Waals surface area contributed by atoms with Crippen LogP contribution in [0.4, 0.5) is 0 Å². The summed E-state index contributed by atoms with van der Waals surface area (Å²) >= 11 is 3.45. The van der Waals surface area contributed by atoms with Gasteiger partial charge >= 0.3 is 0 Å². The first-order chi connectivity index (χ1) is 6.83. The van der Waals surface area contributed by atoms with E-state index in [0.717, 1.165) is 28.8 Å². The summed E-state index contributed by atoms with van der Waals surface area (Å²) in [4.78, 5) is 4.45. The van der Waals surface area contributed by atoms with E-state index in [0.29, 0.717) is 6.54 Å². The SMILES string of the molecule is NCCCc1nc(Br)c2ccccn12. The average molecular weight is 254 g/mol. The van der Waals surface area contributed by atoms with Crippen LogP contribution in [0, 0.1) is 0 Å². The van der Waals surface area contributed by atoms with Crippen molar-refractivity contribution in [2.24, 2.45) is 5.73 Å².